The Morgan fingerprint density at radius 1 is 1.27 bits per heavy atom. The molecule has 22 heavy (non-hydrogen) atoms. The minimum Gasteiger partial charge on any atom is -0.296 e. The van der Waals surface area contributed by atoms with Gasteiger partial charge in [0.1, 0.15) is 0 Å². The van der Waals surface area contributed by atoms with E-state index in [0.717, 1.165) is 32.4 Å². The molecule has 0 saturated carbocycles. The van der Waals surface area contributed by atoms with Crippen LogP contribution in [0.1, 0.15) is 37.1 Å². The molecule has 0 aromatic carbocycles. The van der Waals surface area contributed by atoms with Gasteiger partial charge in [-0.3, -0.25) is 4.90 Å². The van der Waals surface area contributed by atoms with E-state index in [4.69, 9.17) is 0 Å². The average Bonchev–Trinajstić information content (AvgIpc) is 2.93. The van der Waals surface area contributed by atoms with Crippen molar-refractivity contribution in [3.8, 4) is 0 Å². The summed E-state index contributed by atoms with van der Waals surface area (Å²) in [4.78, 5) is 4.09. The Morgan fingerprint density at radius 3 is 2.68 bits per heavy atom. The van der Waals surface area contributed by atoms with Crippen molar-refractivity contribution in [3.05, 3.63) is 21.9 Å². The molecule has 0 atom stereocenters. The number of hydrogen-bond donors (Lipinski definition) is 0. The lowest BCUT2D eigenvalue weighted by Crippen LogP contribution is -2.48. The van der Waals surface area contributed by atoms with Crippen molar-refractivity contribution >= 4 is 21.4 Å². The van der Waals surface area contributed by atoms with Crippen molar-refractivity contribution in [3.63, 3.8) is 0 Å². The summed E-state index contributed by atoms with van der Waals surface area (Å²) in [7, 11) is -3.06. The van der Waals surface area contributed by atoms with Crippen molar-refractivity contribution in [2.45, 2.75) is 45.7 Å². The van der Waals surface area contributed by atoms with E-state index < -0.39 is 10.0 Å². The highest BCUT2D eigenvalue weighted by Crippen LogP contribution is 2.28. The fraction of sp³-hybridized carbons (Fsp3) is 0.750. The predicted octanol–water partition coefficient (Wildman–Crippen LogP) is 2.56. The summed E-state index contributed by atoms with van der Waals surface area (Å²) in [5.41, 5.74) is 1.48. The van der Waals surface area contributed by atoms with E-state index in [0.29, 0.717) is 19.1 Å². The van der Waals surface area contributed by atoms with Gasteiger partial charge in [-0.15, -0.1) is 11.3 Å². The maximum atomic E-state index is 12.3. The van der Waals surface area contributed by atoms with Gasteiger partial charge in [0.25, 0.3) is 0 Å². The zero-order chi connectivity index (χ0) is 15.7. The monoisotopic (exact) mass is 342 g/mol. The van der Waals surface area contributed by atoms with Gasteiger partial charge in [-0.05, 0) is 42.2 Å². The molecule has 0 spiro atoms. The smallest absolute Gasteiger partial charge is 0.214 e. The topological polar surface area (TPSA) is 40.6 Å². The molecule has 4 nitrogen and oxygen atoms in total. The van der Waals surface area contributed by atoms with Crippen molar-refractivity contribution < 1.29 is 8.42 Å². The van der Waals surface area contributed by atoms with Crippen LogP contribution in [0.2, 0.25) is 0 Å². The Labute approximate surface area is 138 Å². The molecule has 124 valence electrons. The molecule has 0 aliphatic carbocycles. The van der Waals surface area contributed by atoms with E-state index in [1.54, 1.807) is 4.31 Å². The second kappa shape index (κ2) is 6.59. The Bertz CT molecular complexity index is 601. The molecule has 1 saturated heterocycles. The Balaban J connectivity index is 1.56. The van der Waals surface area contributed by atoms with Gasteiger partial charge in [-0.25, -0.2) is 12.7 Å². The molecule has 0 amide bonds. The Kier molecular flexibility index (Phi) is 4.92. The quantitative estimate of drug-likeness (QED) is 0.844. The van der Waals surface area contributed by atoms with Gasteiger partial charge >= 0.3 is 0 Å². The number of fused-ring (bicyclic) bond motifs is 1. The zero-order valence-electron chi connectivity index (χ0n) is 13.5. The van der Waals surface area contributed by atoms with Crippen LogP contribution < -0.4 is 0 Å². The lowest BCUT2D eigenvalue weighted by molar-refractivity contribution is 0.127. The first-order valence-corrected chi connectivity index (χ1v) is 10.7. The van der Waals surface area contributed by atoms with E-state index in [1.807, 2.05) is 25.2 Å². The van der Waals surface area contributed by atoms with Crippen molar-refractivity contribution in [1.82, 2.24) is 9.21 Å². The normalized spacial score (nSPS) is 22.1. The summed E-state index contributed by atoms with van der Waals surface area (Å²) in [6.45, 7) is 7.48. The molecule has 1 fully saturated rings. The fourth-order valence-electron chi connectivity index (χ4n) is 3.59. The lowest BCUT2D eigenvalue weighted by Gasteiger charge is -2.39. The van der Waals surface area contributed by atoms with Crippen molar-refractivity contribution in [1.29, 1.82) is 0 Å². The second-order valence-electron chi connectivity index (χ2n) is 6.89. The van der Waals surface area contributed by atoms with E-state index in [9.17, 15) is 8.42 Å². The van der Waals surface area contributed by atoms with E-state index >= 15 is 0 Å². The molecule has 0 radical (unpaired) electrons. The van der Waals surface area contributed by atoms with E-state index in [-0.39, 0.29) is 11.7 Å². The first-order chi connectivity index (χ1) is 10.5. The van der Waals surface area contributed by atoms with Gasteiger partial charge in [-0.1, -0.05) is 13.8 Å². The Morgan fingerprint density at radius 2 is 2.00 bits per heavy atom. The van der Waals surface area contributed by atoms with Crippen LogP contribution in [0.15, 0.2) is 11.4 Å². The Hall–Kier alpha value is -0.430. The SMILES string of the molecule is CC(C)CS(=O)(=O)N1CCC(N2CCc3sccc3C2)CC1. The third-order valence-corrected chi connectivity index (χ3v) is 7.98. The summed E-state index contributed by atoms with van der Waals surface area (Å²) in [6.07, 6.45) is 3.09. The second-order valence-corrected chi connectivity index (χ2v) is 9.91. The highest BCUT2D eigenvalue weighted by molar-refractivity contribution is 7.89. The van der Waals surface area contributed by atoms with Gasteiger partial charge in [0.05, 0.1) is 5.75 Å². The van der Waals surface area contributed by atoms with Crippen LogP contribution in [0, 0.1) is 5.92 Å². The van der Waals surface area contributed by atoms with Crippen molar-refractivity contribution in [2.24, 2.45) is 5.92 Å². The molecule has 0 bridgehead atoms. The van der Waals surface area contributed by atoms with Crippen LogP contribution >= 0.6 is 11.3 Å². The molecule has 6 heteroatoms. The van der Waals surface area contributed by atoms with Gasteiger partial charge in [0.15, 0.2) is 0 Å². The molecular formula is C16H26N2O2S2. The maximum absolute atomic E-state index is 12.3. The molecular weight excluding hydrogens is 316 g/mol. The van der Waals surface area contributed by atoms with E-state index in [1.165, 1.54) is 10.4 Å². The molecule has 0 unspecified atom stereocenters. The van der Waals surface area contributed by atoms with Crippen LogP contribution in [-0.2, 0) is 23.0 Å². The largest absolute Gasteiger partial charge is 0.296 e. The lowest BCUT2D eigenvalue weighted by atomic mass is 10.0. The molecule has 1 aromatic heterocycles. The van der Waals surface area contributed by atoms with Crippen LogP contribution in [0.3, 0.4) is 0 Å². The molecule has 1 aromatic rings. The van der Waals surface area contributed by atoms with Gasteiger partial charge in [-0.2, -0.15) is 0 Å². The molecule has 3 heterocycles. The number of rotatable bonds is 4. The van der Waals surface area contributed by atoms with Gasteiger partial charge < -0.3 is 0 Å². The molecule has 2 aliphatic heterocycles. The summed E-state index contributed by atoms with van der Waals surface area (Å²) in [5, 5.41) is 2.19. The zero-order valence-corrected chi connectivity index (χ0v) is 15.1. The number of nitrogens with zero attached hydrogens (tertiary/aromatic N) is 2. The molecule has 3 rings (SSSR count). The average molecular weight is 343 g/mol. The van der Waals surface area contributed by atoms with Crippen molar-refractivity contribution in [2.75, 3.05) is 25.4 Å². The van der Waals surface area contributed by atoms with Crippen LogP contribution in [0.5, 0.6) is 0 Å². The van der Waals surface area contributed by atoms with Gasteiger partial charge in [0, 0.05) is 37.1 Å². The third-order valence-electron chi connectivity index (χ3n) is 4.71. The predicted molar refractivity (Wildman–Crippen MR) is 91.7 cm³/mol. The number of piperidine rings is 1. The maximum Gasteiger partial charge on any atom is 0.214 e. The van der Waals surface area contributed by atoms with Crippen LogP contribution in [0.25, 0.3) is 0 Å². The highest BCUT2D eigenvalue weighted by atomic mass is 32.2. The number of hydrogen-bond acceptors (Lipinski definition) is 4. The first-order valence-electron chi connectivity index (χ1n) is 8.23. The summed E-state index contributed by atoms with van der Waals surface area (Å²) >= 11 is 1.87. The number of thiophene rings is 1. The number of sulfonamides is 1. The summed E-state index contributed by atoms with van der Waals surface area (Å²) in [5.74, 6) is 0.474. The van der Waals surface area contributed by atoms with Crippen LogP contribution in [0.4, 0.5) is 0 Å². The first kappa shape index (κ1) is 16.4. The molecule has 0 N–H and O–H groups in total. The highest BCUT2D eigenvalue weighted by Gasteiger charge is 2.32. The van der Waals surface area contributed by atoms with Gasteiger partial charge in [0.2, 0.25) is 10.0 Å². The standard InChI is InChI=1S/C16H26N2O2S2/c1-13(2)12-22(19,20)18-8-3-15(4-9-18)17-7-5-16-14(11-17)6-10-21-16/h6,10,13,15H,3-5,7-9,11-12H2,1-2H3. The summed E-state index contributed by atoms with van der Waals surface area (Å²) < 4.78 is 26.4. The fourth-order valence-corrected chi connectivity index (χ4v) is 6.30. The summed E-state index contributed by atoms with van der Waals surface area (Å²) in [6, 6.07) is 2.78. The minimum atomic E-state index is -3.06. The third kappa shape index (κ3) is 3.55. The van der Waals surface area contributed by atoms with E-state index in [2.05, 4.69) is 16.3 Å². The molecule has 2 aliphatic rings. The van der Waals surface area contributed by atoms with Crippen LogP contribution in [-0.4, -0.2) is 49.1 Å². The minimum absolute atomic E-state index is 0.196.